The van der Waals surface area contributed by atoms with Crippen LogP contribution in [0.3, 0.4) is 0 Å². The summed E-state index contributed by atoms with van der Waals surface area (Å²) in [5.74, 6) is 2.62. The molecule has 5 aromatic carbocycles. The highest BCUT2D eigenvalue weighted by Crippen LogP contribution is 2.36. The summed E-state index contributed by atoms with van der Waals surface area (Å²) in [7, 11) is 0. The predicted octanol–water partition coefficient (Wildman–Crippen LogP) is 17.0. The van der Waals surface area contributed by atoms with Gasteiger partial charge in [0.1, 0.15) is 34.9 Å². The Kier molecular flexibility index (Phi) is 31.7. The van der Waals surface area contributed by atoms with Gasteiger partial charge < -0.3 is 57.7 Å². The standard InChI is InChI=1S/3C22H23FN6O.2C20H21FN6O/c1-13-7-16(23)3-4-18(13)20-6-5-19(24)21(27-20)28-22(30)29-11-15(12-29)8-17-10-25-14(2)9-26-17;1-13-7-16(23)3-4-18(13)20-6-5-19(24)21(27-20)28-22(30)29-11-15(12-29)8-17-10-25-9-14(2)26-17;1-13-9-16(23)3-4-18(13)20-6-5-19(24)21(27-20)28-22(30)29-11-15(12-29)10-17-7-8-25-14(2)26-17;1-13-9-15(21)3-4-16(13)18-6-5-17(22)19(24-18)25-20(28)26-10-14(11-26)12-27-8-2-7-23-27;1-13-8-15(21)2-3-16(13)18-5-4-17(22)19(24-18)25-20(28)27-10-14(11-27)9-26-7-6-23-12-26/h2*3-7,9-10,15H,8,11-12,24H2,1-2H3,(H,27,28,30);3-9,15H,10-12,24H2,1-2H3,(H,27,28,30);2-9,14H,10-12,22H2,1H3,(H,24,25,28);2-8,12,14H,9-11,22H2,1H3,(H,24,25,28). The number of hydrogen-bond acceptors (Lipinski definition) is 23. The Morgan fingerprint density at radius 1 is 0.315 bits per heavy atom. The summed E-state index contributed by atoms with van der Waals surface area (Å²) in [6.45, 7) is 22.9. The summed E-state index contributed by atoms with van der Waals surface area (Å²) in [6.07, 6.45) is 20.3. The van der Waals surface area contributed by atoms with Crippen LogP contribution in [0.5, 0.6) is 0 Å². The number of likely N-dealkylation sites (tertiary alicyclic amines) is 5. The maximum atomic E-state index is 13.4. The number of nitrogens with one attached hydrogen (secondary N) is 5. The number of carbonyl (C=O) groups is 5. The molecule has 15 heterocycles. The Balaban J connectivity index is 0.000000131. The molecule has 750 valence electrons. The molecule has 5 aliphatic heterocycles. The van der Waals surface area contributed by atoms with Gasteiger partial charge in [0.05, 0.1) is 86.0 Å². The molecule has 15 aromatic rings. The third-order valence-corrected chi connectivity index (χ3v) is 25.3. The number of halogens is 5. The molecule has 10 amide bonds. The number of benzene rings is 5. The van der Waals surface area contributed by atoms with E-state index in [-0.39, 0.29) is 59.2 Å². The molecule has 0 bridgehead atoms. The second-order valence-electron chi connectivity index (χ2n) is 37.0. The first-order valence-corrected chi connectivity index (χ1v) is 47.4. The Morgan fingerprint density at radius 3 is 0.952 bits per heavy atom. The number of pyridine rings is 5. The van der Waals surface area contributed by atoms with Crippen molar-refractivity contribution < 1.29 is 45.9 Å². The van der Waals surface area contributed by atoms with E-state index in [2.05, 4.69) is 91.5 Å². The lowest BCUT2D eigenvalue weighted by molar-refractivity contribution is 0.117. The van der Waals surface area contributed by atoms with Gasteiger partial charge in [-0.15, -0.1) is 0 Å². The van der Waals surface area contributed by atoms with Gasteiger partial charge in [0.2, 0.25) is 0 Å². The normalized spacial score (nSPS) is 13.9. The maximum Gasteiger partial charge on any atom is 0.323 e. The molecule has 5 fully saturated rings. The Labute approximate surface area is 839 Å². The van der Waals surface area contributed by atoms with Crippen LogP contribution < -0.4 is 55.3 Å². The van der Waals surface area contributed by atoms with Crippen molar-refractivity contribution in [3.05, 3.63) is 317 Å². The number of imidazole rings is 1. The third-order valence-electron chi connectivity index (χ3n) is 25.3. The molecule has 0 saturated carbocycles. The number of nitrogens with zero attached hydrogens (tertiary/aromatic N) is 20. The summed E-state index contributed by atoms with van der Waals surface area (Å²) in [6, 6.07) is 42.4. The molecule has 0 radical (unpaired) electrons. The fourth-order valence-electron chi connectivity index (χ4n) is 17.4. The van der Waals surface area contributed by atoms with Gasteiger partial charge in [0.25, 0.3) is 0 Å². The fraction of sp³-hybridized carbons (Fsp3) is 0.264. The number of hydrogen-bond donors (Lipinski definition) is 10. The van der Waals surface area contributed by atoms with E-state index in [1.165, 1.54) is 60.7 Å². The van der Waals surface area contributed by atoms with Crippen molar-refractivity contribution in [1.29, 1.82) is 0 Å². The third kappa shape index (κ3) is 26.1. The first kappa shape index (κ1) is 101. The van der Waals surface area contributed by atoms with E-state index in [9.17, 15) is 45.9 Å². The highest BCUT2D eigenvalue weighted by Gasteiger charge is 2.37. The van der Waals surface area contributed by atoms with Gasteiger partial charge in [-0.3, -0.25) is 51.2 Å². The second kappa shape index (κ2) is 45.6. The van der Waals surface area contributed by atoms with Crippen LogP contribution in [0.15, 0.2) is 226 Å². The molecule has 20 rings (SSSR count). The summed E-state index contributed by atoms with van der Waals surface area (Å²) in [4.78, 5) is 124. The van der Waals surface area contributed by atoms with E-state index in [0.29, 0.717) is 181 Å². The second-order valence-corrected chi connectivity index (χ2v) is 37.0. The number of aryl methyl sites for hydroxylation is 8. The lowest BCUT2D eigenvalue weighted by Gasteiger charge is -2.39. The monoisotopic (exact) mass is 1980 g/mol. The van der Waals surface area contributed by atoms with E-state index in [0.717, 1.165) is 122 Å². The molecule has 5 aliphatic rings. The number of nitrogen functional groups attached to an aromatic ring is 5. The Hall–Kier alpha value is -17.5. The van der Waals surface area contributed by atoms with Crippen LogP contribution in [0, 0.1) is 114 Å². The van der Waals surface area contributed by atoms with Crippen molar-refractivity contribution in [2.45, 2.75) is 87.7 Å². The van der Waals surface area contributed by atoms with Crippen LogP contribution in [-0.4, -0.2) is 194 Å². The number of nitrogens with two attached hydrogens (primary N) is 5. The summed E-state index contributed by atoms with van der Waals surface area (Å²) < 4.78 is 70.8. The zero-order chi connectivity index (χ0) is 103. The van der Waals surface area contributed by atoms with Crippen LogP contribution in [0.1, 0.15) is 62.1 Å². The fourth-order valence-corrected chi connectivity index (χ4v) is 17.4. The van der Waals surface area contributed by atoms with Crippen LogP contribution in [0.2, 0.25) is 0 Å². The van der Waals surface area contributed by atoms with E-state index in [1.807, 2.05) is 89.2 Å². The predicted molar refractivity (Wildman–Crippen MR) is 550 cm³/mol. The molecule has 0 aliphatic carbocycles. The van der Waals surface area contributed by atoms with Crippen LogP contribution in [0.4, 0.5) is 103 Å². The largest absolute Gasteiger partial charge is 0.396 e. The zero-order valence-corrected chi connectivity index (χ0v) is 81.6. The minimum atomic E-state index is -0.302. The highest BCUT2D eigenvalue weighted by molar-refractivity contribution is 5.96. The lowest BCUT2D eigenvalue weighted by Crippen LogP contribution is -2.53. The molecule has 10 aromatic heterocycles. The average Bonchev–Trinajstić information content (AvgIpc) is 0.938. The minimum Gasteiger partial charge on any atom is -0.396 e. The Bertz CT molecular complexity index is 6900. The SMILES string of the molecule is Cc1cc(F)ccc1-c1ccc(N)c(NC(=O)N2CC(Cn3cccn3)C2)n1.Cc1cc(F)ccc1-c1ccc(N)c(NC(=O)N2CC(Cn3ccnc3)C2)n1.Cc1cnc(CC2CN(C(=O)Nc3nc(-c4ccc(F)cc4C)ccc3N)C2)cn1.Cc1cncc(CC2CN(C(=O)Nc3nc(-c4ccc(F)cc4C)ccc3N)C2)n1.Cc1nccc(CC2CN(C(=O)Nc3nc(-c4ccc(F)cc4C)ccc3N)C2)n1. The van der Waals surface area contributed by atoms with E-state index in [4.69, 9.17) is 28.7 Å². The first-order chi connectivity index (χ1) is 70.1. The van der Waals surface area contributed by atoms with Crippen molar-refractivity contribution in [1.82, 2.24) is 98.7 Å². The number of carbonyl (C=O) groups excluding carboxylic acids is 5. The van der Waals surface area contributed by atoms with Crippen molar-refractivity contribution in [3.63, 3.8) is 0 Å². The topological polar surface area (TPSA) is 469 Å². The molecule has 35 nitrogen and oxygen atoms in total. The van der Waals surface area contributed by atoms with Gasteiger partial charge in [-0.05, 0) is 284 Å². The summed E-state index contributed by atoms with van der Waals surface area (Å²) in [5.41, 5.74) is 47.4. The molecule has 40 heteroatoms. The highest BCUT2D eigenvalue weighted by atomic mass is 19.1. The van der Waals surface area contributed by atoms with Gasteiger partial charge in [0, 0.05) is 180 Å². The first-order valence-electron chi connectivity index (χ1n) is 47.4. The molecule has 146 heavy (non-hydrogen) atoms. The zero-order valence-electron chi connectivity index (χ0n) is 81.6. The number of rotatable bonds is 20. The van der Waals surface area contributed by atoms with E-state index in [1.54, 1.807) is 165 Å². The number of urea groups is 5. The average molecular weight is 1980 g/mol. The van der Waals surface area contributed by atoms with Crippen molar-refractivity contribution in [3.8, 4) is 56.3 Å². The molecule has 0 atom stereocenters. The number of anilines is 10. The maximum absolute atomic E-state index is 13.4. The van der Waals surface area contributed by atoms with Crippen LogP contribution in [-0.2, 0) is 32.4 Å². The molecule has 5 saturated heterocycles. The van der Waals surface area contributed by atoms with Gasteiger partial charge in [0.15, 0.2) is 29.1 Å². The van der Waals surface area contributed by atoms with Gasteiger partial charge in [-0.25, -0.2) is 85.8 Å². The number of aromatic nitrogens is 15. The molecular formula is C106H111F5N30O5. The van der Waals surface area contributed by atoms with Crippen molar-refractivity contribution >= 4 is 87.7 Å². The van der Waals surface area contributed by atoms with Crippen LogP contribution >= 0.6 is 0 Å². The molecule has 0 spiro atoms. The lowest BCUT2D eigenvalue weighted by atomic mass is 9.95. The summed E-state index contributed by atoms with van der Waals surface area (Å²) >= 11 is 0. The van der Waals surface area contributed by atoms with Crippen molar-refractivity contribution in [2.75, 3.05) is 121 Å². The quantitative estimate of drug-likeness (QED) is 0.0317. The molecule has 0 unspecified atom stereocenters. The smallest absolute Gasteiger partial charge is 0.323 e. The van der Waals surface area contributed by atoms with E-state index < -0.39 is 0 Å². The van der Waals surface area contributed by atoms with E-state index >= 15 is 0 Å². The van der Waals surface area contributed by atoms with Gasteiger partial charge in [-0.2, -0.15) is 5.10 Å². The number of amides is 10. The van der Waals surface area contributed by atoms with Gasteiger partial charge in [-0.1, -0.05) is 0 Å². The molecular weight excluding hydrogens is 1870 g/mol. The Morgan fingerprint density at radius 2 is 0.651 bits per heavy atom. The minimum absolute atomic E-state index is 0.228. The molecule has 15 N–H and O–H groups in total. The van der Waals surface area contributed by atoms with Gasteiger partial charge >= 0.3 is 30.2 Å². The van der Waals surface area contributed by atoms with Crippen LogP contribution in [0.25, 0.3) is 56.3 Å². The van der Waals surface area contributed by atoms with Crippen molar-refractivity contribution in [2.24, 2.45) is 29.6 Å². The summed E-state index contributed by atoms with van der Waals surface area (Å²) in [5, 5.41) is 18.2.